The molecule has 0 radical (unpaired) electrons. The SMILES string of the molecule is CC1NCC[C@](CC(C)(C)O)(c2ccccc2)O1. The van der Waals surface area contributed by atoms with Crippen LogP contribution in [0.25, 0.3) is 0 Å². The van der Waals surface area contributed by atoms with Gasteiger partial charge in [0.2, 0.25) is 0 Å². The summed E-state index contributed by atoms with van der Waals surface area (Å²) < 4.78 is 6.16. The first-order chi connectivity index (χ1) is 8.41. The van der Waals surface area contributed by atoms with Crippen molar-refractivity contribution in [3.63, 3.8) is 0 Å². The summed E-state index contributed by atoms with van der Waals surface area (Å²) in [5.41, 5.74) is 0.0253. The summed E-state index contributed by atoms with van der Waals surface area (Å²) in [6, 6.07) is 10.2. The molecular formula is C15H23NO2. The van der Waals surface area contributed by atoms with E-state index in [0.717, 1.165) is 18.5 Å². The average Bonchev–Trinajstić information content (AvgIpc) is 2.28. The fraction of sp³-hybridized carbons (Fsp3) is 0.600. The minimum atomic E-state index is -0.743. The second-order valence-electron chi connectivity index (χ2n) is 5.81. The van der Waals surface area contributed by atoms with E-state index in [9.17, 15) is 5.11 Å². The minimum absolute atomic E-state index is 0.0151. The number of aliphatic hydroxyl groups is 1. The number of hydrogen-bond donors (Lipinski definition) is 2. The van der Waals surface area contributed by atoms with E-state index in [1.54, 1.807) is 0 Å². The Bertz CT molecular complexity index is 385. The van der Waals surface area contributed by atoms with Crippen molar-refractivity contribution in [3.8, 4) is 0 Å². The third-order valence-corrected chi connectivity index (χ3v) is 3.38. The normalized spacial score (nSPS) is 29.2. The Hall–Kier alpha value is -0.900. The number of ether oxygens (including phenoxy) is 1. The Morgan fingerprint density at radius 3 is 2.61 bits per heavy atom. The van der Waals surface area contributed by atoms with Crippen molar-refractivity contribution in [1.82, 2.24) is 5.32 Å². The smallest absolute Gasteiger partial charge is 0.106 e. The van der Waals surface area contributed by atoms with Crippen LogP contribution in [0.3, 0.4) is 0 Å². The maximum Gasteiger partial charge on any atom is 0.106 e. The molecule has 1 aromatic carbocycles. The first-order valence-corrected chi connectivity index (χ1v) is 6.60. The molecule has 1 aliphatic heterocycles. The van der Waals surface area contributed by atoms with Crippen LogP contribution in [0.2, 0.25) is 0 Å². The van der Waals surface area contributed by atoms with Crippen molar-refractivity contribution in [2.45, 2.75) is 51.0 Å². The molecule has 3 heteroatoms. The zero-order chi connectivity index (χ0) is 13.2. The van der Waals surface area contributed by atoms with Crippen molar-refractivity contribution in [2.75, 3.05) is 6.54 Å². The summed E-state index contributed by atoms with van der Waals surface area (Å²) in [7, 11) is 0. The lowest BCUT2D eigenvalue weighted by molar-refractivity contribution is -0.164. The largest absolute Gasteiger partial charge is 0.390 e. The van der Waals surface area contributed by atoms with E-state index in [2.05, 4.69) is 17.4 Å². The molecule has 0 amide bonds. The molecule has 18 heavy (non-hydrogen) atoms. The van der Waals surface area contributed by atoms with Crippen LogP contribution in [0.1, 0.15) is 39.2 Å². The van der Waals surface area contributed by atoms with Gasteiger partial charge >= 0.3 is 0 Å². The molecule has 1 aromatic rings. The number of rotatable bonds is 3. The van der Waals surface area contributed by atoms with Gasteiger partial charge in [-0.25, -0.2) is 0 Å². The van der Waals surface area contributed by atoms with Crippen molar-refractivity contribution < 1.29 is 9.84 Å². The quantitative estimate of drug-likeness (QED) is 0.864. The van der Waals surface area contributed by atoms with Crippen LogP contribution in [0.4, 0.5) is 0 Å². The highest BCUT2D eigenvalue weighted by atomic mass is 16.5. The molecule has 0 saturated carbocycles. The van der Waals surface area contributed by atoms with Crippen molar-refractivity contribution in [3.05, 3.63) is 35.9 Å². The van der Waals surface area contributed by atoms with E-state index in [1.165, 1.54) is 0 Å². The number of nitrogens with one attached hydrogen (secondary N) is 1. The Kier molecular flexibility index (Phi) is 3.76. The van der Waals surface area contributed by atoms with Gasteiger partial charge in [-0.2, -0.15) is 0 Å². The number of hydrogen-bond acceptors (Lipinski definition) is 3. The molecule has 1 fully saturated rings. The van der Waals surface area contributed by atoms with E-state index >= 15 is 0 Å². The van der Waals surface area contributed by atoms with Gasteiger partial charge in [0.25, 0.3) is 0 Å². The molecule has 1 heterocycles. The van der Waals surface area contributed by atoms with Gasteiger partial charge in [0.05, 0.1) is 11.2 Å². The van der Waals surface area contributed by atoms with Crippen LogP contribution in [-0.4, -0.2) is 23.5 Å². The number of benzene rings is 1. The van der Waals surface area contributed by atoms with E-state index in [-0.39, 0.29) is 11.8 Å². The van der Waals surface area contributed by atoms with Crippen LogP contribution in [0, 0.1) is 0 Å². The summed E-state index contributed by atoms with van der Waals surface area (Å²) in [6.45, 7) is 6.61. The highest BCUT2D eigenvalue weighted by Crippen LogP contribution is 2.39. The Labute approximate surface area is 109 Å². The summed E-state index contributed by atoms with van der Waals surface area (Å²) >= 11 is 0. The first-order valence-electron chi connectivity index (χ1n) is 6.60. The van der Waals surface area contributed by atoms with Gasteiger partial charge in [-0.1, -0.05) is 30.3 Å². The topological polar surface area (TPSA) is 41.5 Å². The molecule has 0 bridgehead atoms. The van der Waals surface area contributed by atoms with Crippen molar-refractivity contribution >= 4 is 0 Å². The molecule has 2 atom stereocenters. The zero-order valence-corrected chi connectivity index (χ0v) is 11.4. The predicted octanol–water partition coefficient (Wildman–Crippen LogP) is 2.40. The van der Waals surface area contributed by atoms with E-state index < -0.39 is 5.60 Å². The maximum absolute atomic E-state index is 10.2. The van der Waals surface area contributed by atoms with Gasteiger partial charge in [0, 0.05) is 13.0 Å². The molecule has 0 aromatic heterocycles. The maximum atomic E-state index is 10.2. The van der Waals surface area contributed by atoms with E-state index in [0.29, 0.717) is 6.42 Å². The van der Waals surface area contributed by atoms with E-state index in [4.69, 9.17) is 4.74 Å². The van der Waals surface area contributed by atoms with Gasteiger partial charge in [-0.05, 0) is 32.8 Å². The third kappa shape index (κ3) is 3.10. The Morgan fingerprint density at radius 1 is 1.39 bits per heavy atom. The van der Waals surface area contributed by atoms with Gasteiger partial charge < -0.3 is 9.84 Å². The molecule has 1 aliphatic rings. The monoisotopic (exact) mass is 249 g/mol. The van der Waals surface area contributed by atoms with Crippen molar-refractivity contribution in [1.29, 1.82) is 0 Å². The second kappa shape index (κ2) is 5.00. The Morgan fingerprint density at radius 2 is 2.06 bits per heavy atom. The fourth-order valence-corrected chi connectivity index (χ4v) is 2.80. The molecule has 2 N–H and O–H groups in total. The molecule has 0 spiro atoms. The van der Waals surface area contributed by atoms with Crippen LogP contribution < -0.4 is 5.32 Å². The molecule has 3 nitrogen and oxygen atoms in total. The highest BCUT2D eigenvalue weighted by molar-refractivity contribution is 5.24. The minimum Gasteiger partial charge on any atom is -0.390 e. The van der Waals surface area contributed by atoms with Crippen LogP contribution in [0.5, 0.6) is 0 Å². The molecule has 100 valence electrons. The van der Waals surface area contributed by atoms with Gasteiger partial charge in [-0.3, -0.25) is 5.32 Å². The van der Waals surface area contributed by atoms with Gasteiger partial charge in [0.15, 0.2) is 0 Å². The fourth-order valence-electron chi connectivity index (χ4n) is 2.80. The lowest BCUT2D eigenvalue weighted by Gasteiger charge is -2.44. The standard InChI is InChI=1S/C15H23NO2/c1-12-16-10-9-15(18-12,11-14(2,3)17)13-7-5-4-6-8-13/h4-8,12,16-17H,9-11H2,1-3H3/t12?,15-/m0/s1. The van der Waals surface area contributed by atoms with Crippen LogP contribution in [-0.2, 0) is 10.3 Å². The van der Waals surface area contributed by atoms with E-state index in [1.807, 2.05) is 39.0 Å². The van der Waals surface area contributed by atoms with Crippen LogP contribution >= 0.6 is 0 Å². The van der Waals surface area contributed by atoms with Gasteiger partial charge in [0.1, 0.15) is 6.23 Å². The molecule has 1 unspecified atom stereocenters. The van der Waals surface area contributed by atoms with Gasteiger partial charge in [-0.15, -0.1) is 0 Å². The molecule has 0 aliphatic carbocycles. The summed E-state index contributed by atoms with van der Waals surface area (Å²) in [5.74, 6) is 0. The molecule has 1 saturated heterocycles. The molecular weight excluding hydrogens is 226 g/mol. The lowest BCUT2D eigenvalue weighted by atomic mass is 9.80. The predicted molar refractivity (Wildman–Crippen MR) is 72.2 cm³/mol. The van der Waals surface area contributed by atoms with Crippen LogP contribution in [0.15, 0.2) is 30.3 Å². The second-order valence-corrected chi connectivity index (χ2v) is 5.81. The lowest BCUT2D eigenvalue weighted by Crippen LogP contribution is -2.50. The third-order valence-electron chi connectivity index (χ3n) is 3.38. The average molecular weight is 249 g/mol. The Balaban J connectivity index is 2.33. The summed E-state index contributed by atoms with van der Waals surface area (Å²) in [6.07, 6.45) is 1.50. The highest BCUT2D eigenvalue weighted by Gasteiger charge is 2.41. The van der Waals surface area contributed by atoms with Crippen molar-refractivity contribution in [2.24, 2.45) is 0 Å². The summed E-state index contributed by atoms with van der Waals surface area (Å²) in [4.78, 5) is 0. The summed E-state index contributed by atoms with van der Waals surface area (Å²) in [5, 5.41) is 13.5. The first kappa shape index (κ1) is 13.5. The zero-order valence-electron chi connectivity index (χ0n) is 11.4. The molecule has 2 rings (SSSR count).